The van der Waals surface area contributed by atoms with E-state index in [4.69, 9.17) is 9.47 Å². The average molecular weight is 610 g/mol. The molecule has 0 aromatic rings. The highest BCUT2D eigenvalue weighted by molar-refractivity contribution is 5.66. The number of ether oxygens (including phenoxy) is 2. The Morgan fingerprint density at radius 1 is 1.10 bits per heavy atom. The monoisotopic (exact) mass is 608 g/mol. The van der Waals surface area contributed by atoms with Gasteiger partial charge in [0.25, 0.3) is 0 Å². The van der Waals surface area contributed by atoms with Crippen LogP contribution in [0.2, 0.25) is 0 Å². The lowest BCUT2D eigenvalue weighted by atomic mass is 9.44. The quantitative estimate of drug-likeness (QED) is 0.291. The minimum absolute atomic E-state index is 0. The van der Waals surface area contributed by atoms with E-state index in [2.05, 4.69) is 31.4 Å². The van der Waals surface area contributed by atoms with E-state index < -0.39 is 0 Å². The number of aliphatic hydroxyl groups is 1. The lowest BCUT2D eigenvalue weighted by Crippen LogP contribution is -3.00. The smallest absolute Gasteiger partial charge is 0.303 e. The van der Waals surface area contributed by atoms with E-state index >= 15 is 0 Å². The van der Waals surface area contributed by atoms with Crippen LogP contribution in [-0.2, 0) is 14.3 Å². The molecule has 4 saturated carbocycles. The molecule has 6 fully saturated rings. The molecular weight excluding hydrogens is 556 g/mol. The van der Waals surface area contributed by atoms with Gasteiger partial charge in [0, 0.05) is 50.7 Å². The fraction of sp³-hybridized carbons (Fsp3) is 0.906. The summed E-state index contributed by atoms with van der Waals surface area (Å²) in [4.78, 5) is 15.0. The summed E-state index contributed by atoms with van der Waals surface area (Å²) in [6.45, 7) is 17.7. The molecule has 2 saturated heterocycles. The third-order valence-corrected chi connectivity index (χ3v) is 13.1. The number of quaternary nitrogens is 1. The van der Waals surface area contributed by atoms with Gasteiger partial charge in [-0.15, -0.1) is 0 Å². The van der Waals surface area contributed by atoms with Gasteiger partial charge in [-0.1, -0.05) is 20.4 Å². The number of hydrogen-bond donors (Lipinski definition) is 1. The van der Waals surface area contributed by atoms with Gasteiger partial charge in [0.05, 0.1) is 39.0 Å². The second-order valence-electron chi connectivity index (χ2n) is 14.6. The Bertz CT molecular complexity index is 905. The van der Waals surface area contributed by atoms with Crippen molar-refractivity contribution in [2.45, 2.75) is 103 Å². The first-order valence-corrected chi connectivity index (χ1v) is 15.9. The maximum Gasteiger partial charge on any atom is 0.303 e. The Labute approximate surface area is 247 Å². The maximum absolute atomic E-state index is 12.5. The van der Waals surface area contributed by atoms with Gasteiger partial charge in [-0.25, -0.2) is 0 Å². The lowest BCUT2D eigenvalue weighted by Gasteiger charge is -2.62. The second-order valence-corrected chi connectivity index (χ2v) is 14.6. The Morgan fingerprint density at radius 3 is 2.49 bits per heavy atom. The van der Waals surface area contributed by atoms with Crippen molar-refractivity contribution >= 4 is 5.97 Å². The molecule has 39 heavy (non-hydrogen) atoms. The van der Waals surface area contributed by atoms with E-state index in [0.717, 1.165) is 56.6 Å². The Morgan fingerprint density at radius 2 is 1.82 bits per heavy atom. The summed E-state index contributed by atoms with van der Waals surface area (Å²) in [5.74, 6) is 2.54. The van der Waals surface area contributed by atoms with Crippen molar-refractivity contribution in [2.75, 3.05) is 45.9 Å². The van der Waals surface area contributed by atoms with E-state index in [9.17, 15) is 9.90 Å². The molecule has 4 aliphatic carbocycles. The van der Waals surface area contributed by atoms with Crippen molar-refractivity contribution in [3.8, 4) is 0 Å². The molecule has 0 radical (unpaired) electrons. The number of carbonyl (C=O) groups excluding carboxylic acids is 1. The van der Waals surface area contributed by atoms with E-state index in [0.29, 0.717) is 29.7 Å². The van der Waals surface area contributed by atoms with Crippen LogP contribution in [0.4, 0.5) is 0 Å². The molecule has 6 aliphatic rings. The van der Waals surface area contributed by atoms with Crippen LogP contribution in [0.1, 0.15) is 78.6 Å². The van der Waals surface area contributed by atoms with Gasteiger partial charge in [-0.05, 0) is 73.7 Å². The first kappa shape index (κ1) is 30.0. The molecule has 2 heterocycles. The van der Waals surface area contributed by atoms with E-state index in [1.54, 1.807) is 6.92 Å². The Kier molecular flexibility index (Phi) is 8.70. The van der Waals surface area contributed by atoms with Crippen molar-refractivity contribution in [1.82, 2.24) is 4.90 Å². The Balaban J connectivity index is 0.00000308. The van der Waals surface area contributed by atoms with Crippen LogP contribution in [-0.4, -0.2) is 90.7 Å². The summed E-state index contributed by atoms with van der Waals surface area (Å²) in [5.41, 5.74) is 0.343. The minimum atomic E-state index is -0.209. The number of hydrogen-bond acceptors (Lipinski definition) is 5. The van der Waals surface area contributed by atoms with Gasteiger partial charge < -0.3 is 36.0 Å². The van der Waals surface area contributed by atoms with Gasteiger partial charge in [0.15, 0.2) is 6.10 Å². The maximum atomic E-state index is 12.5. The highest BCUT2D eigenvalue weighted by atomic mass is 79.9. The molecule has 7 heteroatoms. The van der Waals surface area contributed by atoms with Crippen LogP contribution < -0.4 is 17.0 Å². The number of nitrogens with zero attached hydrogens (tertiary/aromatic N) is 2. The Hall–Kier alpha value is -0.470. The van der Waals surface area contributed by atoms with Crippen molar-refractivity contribution in [2.24, 2.45) is 34.5 Å². The number of esters is 1. The minimum Gasteiger partial charge on any atom is -1.00 e. The molecule has 1 N–H and O–H groups in total. The summed E-state index contributed by atoms with van der Waals surface area (Å²) in [5, 5.41) is 11.3. The second kappa shape index (κ2) is 11.3. The molecule has 222 valence electrons. The van der Waals surface area contributed by atoms with Crippen LogP contribution in [0.3, 0.4) is 0 Å². The van der Waals surface area contributed by atoms with Crippen molar-refractivity contribution in [3.63, 3.8) is 0 Å². The van der Waals surface area contributed by atoms with E-state index in [1.165, 1.54) is 51.6 Å². The van der Waals surface area contributed by atoms with Crippen LogP contribution in [0, 0.1) is 34.5 Å². The summed E-state index contributed by atoms with van der Waals surface area (Å²) in [6, 6.07) is 0.663. The number of aliphatic hydroxyl groups excluding tert-OH is 1. The SMILES string of the molecule is C=CC[N+]1([C@H]2C[C@H]3[C@@H]4CC[C@H]5C[C@H](O)[C@@H](N6CCOCC6)C[C@]5(C)[C@H]4CC[C@]3(C)[C@H]2OC(C)=O)CCCC1.[Br-]. The van der Waals surface area contributed by atoms with Crippen LogP contribution >= 0.6 is 0 Å². The molecule has 0 aromatic heterocycles. The van der Waals surface area contributed by atoms with E-state index in [1.807, 2.05) is 0 Å². The van der Waals surface area contributed by atoms with Crippen LogP contribution in [0.25, 0.3) is 0 Å². The number of fused-ring (bicyclic) bond motifs is 5. The zero-order valence-corrected chi connectivity index (χ0v) is 26.2. The topological polar surface area (TPSA) is 59.0 Å². The van der Waals surface area contributed by atoms with Crippen molar-refractivity contribution < 1.29 is 40.8 Å². The molecule has 6 rings (SSSR count). The van der Waals surface area contributed by atoms with E-state index in [-0.39, 0.29) is 52.0 Å². The fourth-order valence-electron chi connectivity index (χ4n) is 11.3. The van der Waals surface area contributed by atoms with Crippen molar-refractivity contribution in [1.29, 1.82) is 0 Å². The zero-order chi connectivity index (χ0) is 26.7. The predicted molar refractivity (Wildman–Crippen MR) is 148 cm³/mol. The molecule has 6 nitrogen and oxygen atoms in total. The first-order chi connectivity index (χ1) is 18.2. The lowest BCUT2D eigenvalue weighted by molar-refractivity contribution is -0.937. The van der Waals surface area contributed by atoms with Crippen LogP contribution in [0.5, 0.6) is 0 Å². The number of carbonyl (C=O) groups is 1. The molecule has 0 amide bonds. The van der Waals surface area contributed by atoms with Gasteiger partial charge >= 0.3 is 5.97 Å². The molecule has 2 aliphatic heterocycles. The highest BCUT2D eigenvalue weighted by Crippen LogP contribution is 2.67. The van der Waals surface area contributed by atoms with Gasteiger partial charge in [0.1, 0.15) is 6.04 Å². The fourth-order valence-corrected chi connectivity index (χ4v) is 11.3. The molecule has 0 bridgehead atoms. The molecular formula is C32H53BrN2O4. The number of likely N-dealkylation sites (tertiary alicyclic amines) is 1. The largest absolute Gasteiger partial charge is 1.00 e. The summed E-state index contributed by atoms with van der Waals surface area (Å²) in [6.07, 6.45) is 12.7. The molecule has 0 spiro atoms. The van der Waals surface area contributed by atoms with Crippen molar-refractivity contribution in [3.05, 3.63) is 12.7 Å². The van der Waals surface area contributed by atoms with Crippen LogP contribution in [0.15, 0.2) is 12.7 Å². The third-order valence-electron chi connectivity index (χ3n) is 13.1. The first-order valence-electron chi connectivity index (χ1n) is 15.9. The van der Waals surface area contributed by atoms with Gasteiger partial charge in [-0.3, -0.25) is 9.69 Å². The predicted octanol–water partition coefficient (Wildman–Crippen LogP) is 1.41. The highest BCUT2D eigenvalue weighted by Gasteiger charge is 2.67. The normalized spacial score (nSPS) is 47.3. The summed E-state index contributed by atoms with van der Waals surface area (Å²) >= 11 is 0. The zero-order valence-electron chi connectivity index (χ0n) is 24.7. The molecule has 0 unspecified atom stereocenters. The van der Waals surface area contributed by atoms with Gasteiger partial charge in [-0.2, -0.15) is 0 Å². The third kappa shape index (κ3) is 4.88. The standard InChI is InChI=1S/C32H53N2O4.BrH/c1-5-14-34(15-6-7-16-34)28-20-26-24-9-8-23-19-29(36)27(33-12-17-37-18-13-33)21-32(23,4)25(24)10-11-31(26,3)30(28)38-22(2)35;/h5,23-30,36H,1,6-21H2,2-4H3;1H/q+1;/p-1/t23-,24+,25-,26-,27-,28-,29-,30-,31-,32-;/m0./s1. The van der Waals surface area contributed by atoms with Gasteiger partial charge in [0.2, 0.25) is 0 Å². The summed E-state index contributed by atoms with van der Waals surface area (Å²) in [7, 11) is 0. The number of rotatable bonds is 5. The molecule has 0 aromatic carbocycles. The number of halogens is 1. The number of morpholine rings is 1. The summed E-state index contributed by atoms with van der Waals surface area (Å²) < 4.78 is 13.1. The average Bonchev–Trinajstić information content (AvgIpc) is 3.48. The molecule has 10 atom stereocenters.